The van der Waals surface area contributed by atoms with Gasteiger partial charge in [0.15, 0.2) is 0 Å². The van der Waals surface area contributed by atoms with Crippen LogP contribution in [-0.4, -0.2) is 26.2 Å². The summed E-state index contributed by atoms with van der Waals surface area (Å²) in [6, 6.07) is 7.64. The van der Waals surface area contributed by atoms with Crippen LogP contribution in [0.25, 0.3) is 0 Å². The van der Waals surface area contributed by atoms with Gasteiger partial charge in [-0.05, 0) is 17.2 Å². The summed E-state index contributed by atoms with van der Waals surface area (Å²) in [5.41, 5.74) is 8.39. The maximum absolute atomic E-state index is 11.7. The zero-order chi connectivity index (χ0) is 13.6. The molecule has 98 valence electrons. The molecule has 1 saturated heterocycles. The molecular formula is C14H15N3O2. The fourth-order valence-electron chi connectivity index (χ4n) is 2.64. The lowest BCUT2D eigenvalue weighted by Gasteiger charge is -2.40. The summed E-state index contributed by atoms with van der Waals surface area (Å²) in [6.45, 7) is 0.751. The number of carbonyl (C=O) groups excluding carboxylic acids is 1. The summed E-state index contributed by atoms with van der Waals surface area (Å²) in [7, 11) is 1.77. The highest BCUT2D eigenvalue weighted by Crippen LogP contribution is 2.40. The van der Waals surface area contributed by atoms with Crippen LogP contribution in [0, 0.1) is 16.7 Å². The monoisotopic (exact) mass is 257 g/mol. The summed E-state index contributed by atoms with van der Waals surface area (Å²) in [6.07, 6.45) is 0.405. The van der Waals surface area contributed by atoms with E-state index >= 15 is 0 Å². The molecule has 1 fully saturated rings. The van der Waals surface area contributed by atoms with E-state index in [-0.39, 0.29) is 11.9 Å². The average molecular weight is 257 g/mol. The number of anilines is 1. The number of nitrogens with zero attached hydrogens (tertiary/aromatic N) is 2. The molecule has 0 saturated carbocycles. The molecule has 2 heterocycles. The van der Waals surface area contributed by atoms with Gasteiger partial charge >= 0.3 is 0 Å². The number of likely N-dealkylation sites (N-methyl/N-ethyl adjacent to an activating group) is 1. The van der Waals surface area contributed by atoms with E-state index < -0.39 is 5.41 Å². The highest BCUT2D eigenvalue weighted by atomic mass is 16.5. The molecule has 19 heavy (non-hydrogen) atoms. The number of nitrogens with two attached hydrogens (primary N) is 1. The van der Waals surface area contributed by atoms with Gasteiger partial charge in [-0.2, -0.15) is 5.26 Å². The summed E-state index contributed by atoms with van der Waals surface area (Å²) < 4.78 is 5.13. The minimum absolute atomic E-state index is 0.0858. The Morgan fingerprint density at radius 2 is 2.26 bits per heavy atom. The summed E-state index contributed by atoms with van der Waals surface area (Å²) in [4.78, 5) is 13.3. The van der Waals surface area contributed by atoms with E-state index in [1.807, 2.05) is 18.2 Å². The molecule has 5 nitrogen and oxygen atoms in total. The Balaban J connectivity index is 1.94. The normalized spacial score (nSPS) is 21.5. The van der Waals surface area contributed by atoms with Crippen molar-refractivity contribution >= 4 is 11.6 Å². The number of carbonyl (C=O) groups is 1. The number of hydrogen-bond donors (Lipinski definition) is 1. The molecule has 2 aliphatic rings. The lowest BCUT2D eigenvalue weighted by Crippen LogP contribution is -2.49. The average Bonchev–Trinajstić information content (AvgIpc) is 2.64. The molecule has 0 radical (unpaired) electrons. The second kappa shape index (κ2) is 4.05. The van der Waals surface area contributed by atoms with Crippen LogP contribution in [0.5, 0.6) is 0 Å². The third-order valence-electron chi connectivity index (χ3n) is 4.08. The molecular weight excluding hydrogens is 242 g/mol. The molecule has 3 rings (SSSR count). The number of hydrogen-bond acceptors (Lipinski definition) is 4. The predicted octanol–water partition coefficient (Wildman–Crippen LogP) is 0.745. The first kappa shape index (κ1) is 12.2. The van der Waals surface area contributed by atoms with Gasteiger partial charge in [-0.15, -0.1) is 0 Å². The van der Waals surface area contributed by atoms with E-state index in [9.17, 15) is 10.1 Å². The van der Waals surface area contributed by atoms with Gasteiger partial charge in [-0.3, -0.25) is 4.79 Å². The van der Waals surface area contributed by atoms with E-state index in [1.165, 1.54) is 0 Å². The van der Waals surface area contributed by atoms with Crippen LogP contribution in [0.1, 0.15) is 17.2 Å². The zero-order valence-corrected chi connectivity index (χ0v) is 10.7. The highest BCUT2D eigenvalue weighted by molar-refractivity contribution is 6.00. The predicted molar refractivity (Wildman–Crippen MR) is 69.3 cm³/mol. The van der Waals surface area contributed by atoms with Crippen molar-refractivity contribution in [1.29, 1.82) is 5.26 Å². The van der Waals surface area contributed by atoms with Gasteiger partial charge < -0.3 is 15.4 Å². The second-order valence-electron chi connectivity index (χ2n) is 5.26. The summed E-state index contributed by atoms with van der Waals surface area (Å²) in [5.74, 6) is 0.0858. The molecule has 1 unspecified atom stereocenters. The maximum atomic E-state index is 11.7. The van der Waals surface area contributed by atoms with Gasteiger partial charge in [0.1, 0.15) is 5.41 Å². The SMILES string of the molecule is CN1C(=O)Cc2cc(C(N)C3(C#N)COC3)ccc21. The van der Waals surface area contributed by atoms with Gasteiger partial charge in [0.05, 0.1) is 31.7 Å². The number of rotatable bonds is 2. The molecule has 2 N–H and O–H groups in total. The zero-order valence-electron chi connectivity index (χ0n) is 10.7. The van der Waals surface area contributed by atoms with Gasteiger partial charge in [0, 0.05) is 12.7 Å². The van der Waals surface area contributed by atoms with E-state index in [0.717, 1.165) is 16.8 Å². The number of ether oxygens (including phenoxy) is 1. The third-order valence-corrected chi connectivity index (χ3v) is 4.08. The topological polar surface area (TPSA) is 79.4 Å². The molecule has 2 aliphatic heterocycles. The van der Waals surface area contributed by atoms with Gasteiger partial charge in [0.25, 0.3) is 0 Å². The van der Waals surface area contributed by atoms with Crippen LogP contribution in [0.3, 0.4) is 0 Å². The number of nitriles is 1. The van der Waals surface area contributed by atoms with Crippen LogP contribution >= 0.6 is 0 Å². The largest absolute Gasteiger partial charge is 0.378 e. The Kier molecular flexibility index (Phi) is 2.59. The van der Waals surface area contributed by atoms with E-state index in [0.29, 0.717) is 19.6 Å². The Bertz CT molecular complexity index is 587. The van der Waals surface area contributed by atoms with Crippen molar-refractivity contribution in [1.82, 2.24) is 0 Å². The molecule has 0 bridgehead atoms. The minimum atomic E-state index is -0.622. The Hall–Kier alpha value is -1.90. The molecule has 0 spiro atoms. The molecule has 0 aliphatic carbocycles. The number of amides is 1. The number of benzene rings is 1. The van der Waals surface area contributed by atoms with Crippen LogP contribution in [0.4, 0.5) is 5.69 Å². The first-order valence-corrected chi connectivity index (χ1v) is 6.21. The molecule has 5 heteroatoms. The molecule has 1 amide bonds. The smallest absolute Gasteiger partial charge is 0.231 e. The van der Waals surface area contributed by atoms with Gasteiger partial charge in [-0.1, -0.05) is 12.1 Å². The Morgan fingerprint density at radius 1 is 1.53 bits per heavy atom. The van der Waals surface area contributed by atoms with Gasteiger partial charge in [-0.25, -0.2) is 0 Å². The van der Waals surface area contributed by atoms with Gasteiger partial charge in [0.2, 0.25) is 5.91 Å². The van der Waals surface area contributed by atoms with Crippen LogP contribution in [0.2, 0.25) is 0 Å². The van der Waals surface area contributed by atoms with Crippen molar-refractivity contribution in [3.8, 4) is 6.07 Å². The molecule has 1 aromatic carbocycles. The van der Waals surface area contributed by atoms with Crippen molar-refractivity contribution < 1.29 is 9.53 Å². The fraction of sp³-hybridized carbons (Fsp3) is 0.429. The third kappa shape index (κ3) is 1.65. The lowest BCUT2D eigenvalue weighted by molar-refractivity contribution is -0.117. The van der Waals surface area contributed by atoms with E-state index in [4.69, 9.17) is 10.5 Å². The van der Waals surface area contributed by atoms with Crippen molar-refractivity contribution in [2.75, 3.05) is 25.2 Å². The van der Waals surface area contributed by atoms with Crippen LogP contribution in [-0.2, 0) is 16.0 Å². The molecule has 1 aromatic rings. The van der Waals surface area contributed by atoms with Crippen molar-refractivity contribution in [3.63, 3.8) is 0 Å². The first-order valence-electron chi connectivity index (χ1n) is 6.21. The quantitative estimate of drug-likeness (QED) is 0.847. The highest BCUT2D eigenvalue weighted by Gasteiger charge is 2.45. The Labute approximate surface area is 111 Å². The summed E-state index contributed by atoms with van der Waals surface area (Å²) >= 11 is 0. The minimum Gasteiger partial charge on any atom is -0.378 e. The number of fused-ring (bicyclic) bond motifs is 1. The van der Waals surface area contributed by atoms with Crippen molar-refractivity contribution in [2.45, 2.75) is 12.5 Å². The molecule has 0 aromatic heterocycles. The van der Waals surface area contributed by atoms with Crippen LogP contribution in [0.15, 0.2) is 18.2 Å². The fourth-order valence-corrected chi connectivity index (χ4v) is 2.64. The molecule has 1 atom stereocenters. The van der Waals surface area contributed by atoms with Crippen LogP contribution < -0.4 is 10.6 Å². The Morgan fingerprint density at radius 3 is 2.84 bits per heavy atom. The second-order valence-corrected chi connectivity index (χ2v) is 5.26. The van der Waals surface area contributed by atoms with Crippen molar-refractivity contribution in [2.24, 2.45) is 11.1 Å². The lowest BCUT2D eigenvalue weighted by atomic mass is 9.76. The standard InChI is InChI=1S/C14H15N3O2/c1-17-11-3-2-9(4-10(11)5-12(17)18)13(16)14(6-15)7-19-8-14/h2-4,13H,5,7-8,16H2,1H3. The van der Waals surface area contributed by atoms with E-state index in [1.54, 1.807) is 11.9 Å². The summed E-state index contributed by atoms with van der Waals surface area (Å²) in [5, 5.41) is 9.27. The van der Waals surface area contributed by atoms with E-state index in [2.05, 4.69) is 6.07 Å². The maximum Gasteiger partial charge on any atom is 0.231 e. The van der Waals surface area contributed by atoms with Crippen molar-refractivity contribution in [3.05, 3.63) is 29.3 Å². The first-order chi connectivity index (χ1) is 9.07.